The minimum absolute atomic E-state index is 0.182. The van der Waals surface area contributed by atoms with Crippen molar-refractivity contribution < 1.29 is 4.79 Å². The van der Waals surface area contributed by atoms with Crippen molar-refractivity contribution in [3.63, 3.8) is 0 Å². The quantitative estimate of drug-likeness (QED) is 0.418. The maximum Gasteiger partial charge on any atom is 0.123 e. The monoisotopic (exact) mass is 126 g/mol. The summed E-state index contributed by atoms with van der Waals surface area (Å²) in [5.74, 6) is 0.182. The Morgan fingerprint density at radius 1 is 1.67 bits per heavy atom. The van der Waals surface area contributed by atoms with E-state index in [0.717, 1.165) is 12.7 Å². The highest BCUT2D eigenvalue weighted by Crippen LogP contribution is 2.06. The van der Waals surface area contributed by atoms with E-state index in [0.29, 0.717) is 0 Å². The summed E-state index contributed by atoms with van der Waals surface area (Å²) in [7, 11) is 0. The second-order valence-electron chi connectivity index (χ2n) is 2.45. The molecule has 0 fully saturated rings. The molecule has 1 heteroatoms. The van der Waals surface area contributed by atoms with Crippen LogP contribution in [0.2, 0.25) is 0 Å². The lowest BCUT2D eigenvalue weighted by Gasteiger charge is -2.00. The Balaban J connectivity index is 3.59. The van der Waals surface area contributed by atoms with Gasteiger partial charge in [-0.1, -0.05) is 18.6 Å². The van der Waals surface area contributed by atoms with Crippen LogP contribution in [0.25, 0.3) is 0 Å². The van der Waals surface area contributed by atoms with E-state index in [-0.39, 0.29) is 5.92 Å². The maximum atomic E-state index is 10.1. The van der Waals surface area contributed by atoms with Crippen LogP contribution in [-0.2, 0) is 4.79 Å². The predicted molar refractivity (Wildman–Crippen MR) is 39.3 cm³/mol. The van der Waals surface area contributed by atoms with Gasteiger partial charge in [-0.05, 0) is 20.3 Å². The lowest BCUT2D eigenvalue weighted by atomic mass is 10.0. The highest BCUT2D eigenvalue weighted by atomic mass is 16.1. The molecule has 0 heterocycles. The lowest BCUT2D eigenvalue weighted by molar-refractivity contribution is -0.110. The highest BCUT2D eigenvalue weighted by Gasteiger charge is 1.97. The maximum absolute atomic E-state index is 10.1. The van der Waals surface area contributed by atoms with Crippen molar-refractivity contribution in [3.05, 3.63) is 11.6 Å². The van der Waals surface area contributed by atoms with Crippen molar-refractivity contribution in [2.75, 3.05) is 0 Å². The van der Waals surface area contributed by atoms with Gasteiger partial charge in [0.15, 0.2) is 0 Å². The second-order valence-corrected chi connectivity index (χ2v) is 2.45. The van der Waals surface area contributed by atoms with Crippen molar-refractivity contribution >= 4 is 6.29 Å². The van der Waals surface area contributed by atoms with Gasteiger partial charge in [0.25, 0.3) is 0 Å². The van der Waals surface area contributed by atoms with Crippen LogP contribution in [0.5, 0.6) is 0 Å². The molecule has 0 aliphatic carbocycles. The molecule has 0 N–H and O–H groups in total. The lowest BCUT2D eigenvalue weighted by Crippen LogP contribution is -1.95. The first kappa shape index (κ1) is 8.41. The van der Waals surface area contributed by atoms with Gasteiger partial charge in [0.05, 0.1) is 0 Å². The molecule has 0 aromatic rings. The predicted octanol–water partition coefficient (Wildman–Crippen LogP) is 2.18. The van der Waals surface area contributed by atoms with Crippen LogP contribution in [0, 0.1) is 5.92 Å². The molecular formula is C8H14O. The van der Waals surface area contributed by atoms with Crippen LogP contribution in [0.4, 0.5) is 0 Å². The standard InChI is InChI=1S/C8H14O/c1-4-7(2)5-8(3)6-9/h4,6,8H,5H2,1-3H3. The third-order valence-corrected chi connectivity index (χ3v) is 1.37. The molecule has 0 amide bonds. The highest BCUT2D eigenvalue weighted by molar-refractivity contribution is 5.53. The van der Waals surface area contributed by atoms with Crippen molar-refractivity contribution in [2.45, 2.75) is 27.2 Å². The average molecular weight is 126 g/mol. The first-order chi connectivity index (χ1) is 4.20. The van der Waals surface area contributed by atoms with Gasteiger partial charge in [-0.15, -0.1) is 0 Å². The summed E-state index contributed by atoms with van der Waals surface area (Å²) in [5.41, 5.74) is 1.29. The average Bonchev–Trinajstić information content (AvgIpc) is 1.87. The van der Waals surface area contributed by atoms with Crippen LogP contribution >= 0.6 is 0 Å². The van der Waals surface area contributed by atoms with Crippen LogP contribution in [0.1, 0.15) is 27.2 Å². The zero-order chi connectivity index (χ0) is 7.28. The molecule has 0 aliphatic rings. The molecule has 52 valence electrons. The number of rotatable bonds is 3. The first-order valence-corrected chi connectivity index (χ1v) is 3.27. The largest absolute Gasteiger partial charge is 0.303 e. The van der Waals surface area contributed by atoms with Gasteiger partial charge in [0.2, 0.25) is 0 Å². The molecule has 1 unspecified atom stereocenters. The van der Waals surface area contributed by atoms with Crippen LogP contribution < -0.4 is 0 Å². The topological polar surface area (TPSA) is 17.1 Å². The normalized spacial score (nSPS) is 15.2. The van der Waals surface area contributed by atoms with Gasteiger partial charge in [-0.25, -0.2) is 0 Å². The summed E-state index contributed by atoms with van der Waals surface area (Å²) in [4.78, 5) is 10.1. The fourth-order valence-corrected chi connectivity index (χ4v) is 0.674. The van der Waals surface area contributed by atoms with Gasteiger partial charge in [-0.2, -0.15) is 0 Å². The van der Waals surface area contributed by atoms with Crippen LogP contribution in [-0.4, -0.2) is 6.29 Å². The molecular weight excluding hydrogens is 112 g/mol. The van der Waals surface area contributed by atoms with Gasteiger partial charge >= 0.3 is 0 Å². The Labute approximate surface area is 56.8 Å². The molecule has 0 aromatic heterocycles. The second kappa shape index (κ2) is 4.30. The Morgan fingerprint density at radius 2 is 2.22 bits per heavy atom. The fraction of sp³-hybridized carbons (Fsp3) is 0.625. The third-order valence-electron chi connectivity index (χ3n) is 1.37. The van der Waals surface area contributed by atoms with Gasteiger partial charge in [0.1, 0.15) is 6.29 Å². The number of aldehydes is 1. The molecule has 0 aromatic carbocycles. The van der Waals surface area contributed by atoms with E-state index in [1.165, 1.54) is 5.57 Å². The summed E-state index contributed by atoms with van der Waals surface area (Å²) >= 11 is 0. The molecule has 0 bridgehead atoms. The Bertz CT molecular complexity index is 114. The van der Waals surface area contributed by atoms with E-state index < -0.39 is 0 Å². The molecule has 0 radical (unpaired) electrons. The van der Waals surface area contributed by atoms with Crippen molar-refractivity contribution in [1.29, 1.82) is 0 Å². The Hall–Kier alpha value is -0.590. The summed E-state index contributed by atoms with van der Waals surface area (Å²) in [6.45, 7) is 5.97. The zero-order valence-corrected chi connectivity index (χ0v) is 6.35. The summed E-state index contributed by atoms with van der Waals surface area (Å²) in [5, 5.41) is 0. The third kappa shape index (κ3) is 3.95. The Morgan fingerprint density at radius 3 is 2.56 bits per heavy atom. The summed E-state index contributed by atoms with van der Waals surface area (Å²) in [6.07, 6.45) is 3.94. The number of allylic oxidation sites excluding steroid dienone is 2. The van der Waals surface area contributed by atoms with E-state index in [1.807, 2.05) is 26.8 Å². The molecule has 0 rings (SSSR count). The van der Waals surface area contributed by atoms with E-state index in [4.69, 9.17) is 0 Å². The summed E-state index contributed by atoms with van der Waals surface area (Å²) in [6, 6.07) is 0. The molecule has 1 atom stereocenters. The molecule has 0 spiro atoms. The minimum atomic E-state index is 0.182. The van der Waals surface area contributed by atoms with E-state index in [9.17, 15) is 4.79 Å². The van der Waals surface area contributed by atoms with Crippen molar-refractivity contribution in [2.24, 2.45) is 5.92 Å². The molecule has 0 saturated carbocycles. The summed E-state index contributed by atoms with van der Waals surface area (Å²) < 4.78 is 0. The van der Waals surface area contributed by atoms with E-state index >= 15 is 0 Å². The number of hydrogen-bond acceptors (Lipinski definition) is 1. The smallest absolute Gasteiger partial charge is 0.123 e. The molecule has 9 heavy (non-hydrogen) atoms. The van der Waals surface area contributed by atoms with Gasteiger partial charge in [-0.3, -0.25) is 0 Å². The van der Waals surface area contributed by atoms with Gasteiger partial charge in [0, 0.05) is 5.92 Å². The van der Waals surface area contributed by atoms with E-state index in [1.54, 1.807) is 0 Å². The number of carbonyl (C=O) groups excluding carboxylic acids is 1. The van der Waals surface area contributed by atoms with Gasteiger partial charge < -0.3 is 4.79 Å². The SMILES string of the molecule is CC=C(C)CC(C)C=O. The Kier molecular flexibility index (Phi) is 4.02. The zero-order valence-electron chi connectivity index (χ0n) is 6.35. The first-order valence-electron chi connectivity index (χ1n) is 3.27. The molecule has 0 aliphatic heterocycles. The minimum Gasteiger partial charge on any atom is -0.303 e. The number of hydrogen-bond donors (Lipinski definition) is 0. The fourth-order valence-electron chi connectivity index (χ4n) is 0.674. The van der Waals surface area contributed by atoms with Crippen molar-refractivity contribution in [1.82, 2.24) is 0 Å². The van der Waals surface area contributed by atoms with Crippen LogP contribution in [0.3, 0.4) is 0 Å². The molecule has 0 saturated heterocycles. The van der Waals surface area contributed by atoms with Crippen molar-refractivity contribution in [3.8, 4) is 0 Å². The molecule has 1 nitrogen and oxygen atoms in total. The number of carbonyl (C=O) groups is 1. The van der Waals surface area contributed by atoms with E-state index in [2.05, 4.69) is 0 Å². The van der Waals surface area contributed by atoms with Crippen LogP contribution in [0.15, 0.2) is 11.6 Å².